The molecule has 9 rings (SSSR count). The Kier molecular flexibility index (Phi) is 6.17. The molecular formula is C42H30N2S. The summed E-state index contributed by atoms with van der Waals surface area (Å²) in [6.45, 7) is 0. The van der Waals surface area contributed by atoms with Gasteiger partial charge in [-0.15, -0.1) is 0 Å². The molecule has 0 saturated carbocycles. The van der Waals surface area contributed by atoms with Gasteiger partial charge in [-0.3, -0.25) is 0 Å². The third kappa shape index (κ3) is 4.47. The minimum atomic E-state index is 0.974. The Bertz CT molecular complexity index is 2030. The van der Waals surface area contributed by atoms with Crippen LogP contribution in [0, 0.1) is 0 Å². The molecule has 0 saturated heterocycles. The van der Waals surface area contributed by atoms with Crippen molar-refractivity contribution >= 4 is 44.1 Å². The summed E-state index contributed by atoms with van der Waals surface area (Å²) in [6, 6.07) is 57.5. The molecular weight excluding hydrogens is 565 g/mol. The molecule has 0 radical (unpaired) electrons. The number of fused-ring (bicyclic) bond motifs is 6. The predicted octanol–water partition coefficient (Wildman–Crippen LogP) is 11.8. The van der Waals surface area contributed by atoms with Crippen LogP contribution in [0.4, 0.5) is 32.8 Å². The number of rotatable bonds is 6. The Labute approximate surface area is 268 Å². The summed E-state index contributed by atoms with van der Waals surface area (Å²) in [5, 5.41) is 2.36. The van der Waals surface area contributed by atoms with E-state index < -0.39 is 0 Å². The molecule has 214 valence electrons. The van der Waals surface area contributed by atoms with Crippen LogP contribution in [0.5, 0.6) is 0 Å². The largest absolute Gasteiger partial charge is 0.302 e. The van der Waals surface area contributed by atoms with Gasteiger partial charge < -0.3 is 9.80 Å². The van der Waals surface area contributed by atoms with Crippen molar-refractivity contribution in [3.8, 4) is 22.3 Å². The van der Waals surface area contributed by atoms with Gasteiger partial charge in [0.05, 0.1) is 0 Å². The summed E-state index contributed by atoms with van der Waals surface area (Å²) in [7, 11) is 0. The van der Waals surface area contributed by atoms with Crippen molar-refractivity contribution in [2.24, 2.45) is 0 Å². The minimum Gasteiger partial charge on any atom is -0.302 e. The van der Waals surface area contributed by atoms with Gasteiger partial charge in [0.1, 0.15) is 10.0 Å². The molecule has 0 unspecified atom stereocenters. The molecule has 2 nitrogen and oxygen atoms in total. The van der Waals surface area contributed by atoms with E-state index in [1.54, 1.807) is 0 Å². The van der Waals surface area contributed by atoms with Crippen molar-refractivity contribution in [1.82, 2.24) is 0 Å². The Morgan fingerprint density at radius 1 is 0.333 bits per heavy atom. The van der Waals surface area contributed by atoms with Gasteiger partial charge in [-0.05, 0) is 118 Å². The zero-order valence-corrected chi connectivity index (χ0v) is 25.5. The lowest BCUT2D eigenvalue weighted by Crippen LogP contribution is -2.09. The Hall–Kier alpha value is -5.38. The van der Waals surface area contributed by atoms with Gasteiger partial charge in [0.2, 0.25) is 0 Å². The first kappa shape index (κ1) is 26.1. The highest BCUT2D eigenvalue weighted by molar-refractivity contribution is 7.20. The first-order valence-corrected chi connectivity index (χ1v) is 16.3. The number of thiophene rings is 1. The average molecular weight is 595 g/mol. The van der Waals surface area contributed by atoms with Crippen LogP contribution in [-0.4, -0.2) is 0 Å². The second kappa shape index (κ2) is 10.7. The lowest BCUT2D eigenvalue weighted by atomic mass is 10.0. The lowest BCUT2D eigenvalue weighted by molar-refractivity contribution is 1.24. The van der Waals surface area contributed by atoms with Crippen molar-refractivity contribution in [3.63, 3.8) is 0 Å². The Morgan fingerprint density at radius 2 is 0.733 bits per heavy atom. The quantitative estimate of drug-likeness (QED) is 0.189. The van der Waals surface area contributed by atoms with E-state index in [-0.39, 0.29) is 0 Å². The fourth-order valence-corrected chi connectivity index (χ4v) is 8.15. The number of hydrogen-bond donors (Lipinski definition) is 0. The fraction of sp³-hybridized carbons (Fsp3) is 0.0476. The molecule has 2 aliphatic carbocycles. The van der Waals surface area contributed by atoms with Gasteiger partial charge in [0, 0.05) is 22.7 Å². The average Bonchev–Trinajstić information content (AvgIpc) is 3.81. The monoisotopic (exact) mass is 594 g/mol. The van der Waals surface area contributed by atoms with E-state index in [0.29, 0.717) is 0 Å². The second-order valence-corrected chi connectivity index (χ2v) is 12.8. The van der Waals surface area contributed by atoms with E-state index in [0.717, 1.165) is 24.2 Å². The summed E-state index contributed by atoms with van der Waals surface area (Å²) in [6.07, 6.45) is 1.95. The van der Waals surface area contributed by atoms with Gasteiger partial charge in [0.15, 0.2) is 0 Å². The Balaban J connectivity index is 1.14. The van der Waals surface area contributed by atoms with Gasteiger partial charge in [-0.25, -0.2) is 0 Å². The van der Waals surface area contributed by atoms with Crippen LogP contribution in [0.15, 0.2) is 158 Å². The van der Waals surface area contributed by atoms with Crippen LogP contribution >= 0.6 is 11.3 Å². The van der Waals surface area contributed by atoms with E-state index in [4.69, 9.17) is 0 Å². The summed E-state index contributed by atoms with van der Waals surface area (Å²) in [5.41, 5.74) is 15.7. The molecule has 0 fully saturated rings. The highest BCUT2D eigenvalue weighted by atomic mass is 32.1. The van der Waals surface area contributed by atoms with E-state index in [1.165, 1.54) is 65.9 Å². The first-order valence-electron chi connectivity index (χ1n) is 15.5. The van der Waals surface area contributed by atoms with Crippen molar-refractivity contribution in [2.75, 3.05) is 9.80 Å². The molecule has 2 aliphatic rings. The van der Waals surface area contributed by atoms with Crippen molar-refractivity contribution in [3.05, 3.63) is 180 Å². The maximum atomic E-state index is 2.40. The van der Waals surface area contributed by atoms with Crippen molar-refractivity contribution in [2.45, 2.75) is 12.8 Å². The molecule has 0 aliphatic heterocycles. The smallest absolute Gasteiger partial charge is 0.102 e. The van der Waals surface area contributed by atoms with E-state index in [9.17, 15) is 0 Å². The van der Waals surface area contributed by atoms with Crippen LogP contribution in [0.3, 0.4) is 0 Å². The van der Waals surface area contributed by atoms with Crippen molar-refractivity contribution < 1.29 is 0 Å². The van der Waals surface area contributed by atoms with Crippen LogP contribution in [0.1, 0.15) is 22.3 Å². The van der Waals surface area contributed by atoms with Gasteiger partial charge >= 0.3 is 0 Å². The molecule has 0 amide bonds. The van der Waals surface area contributed by atoms with Crippen LogP contribution < -0.4 is 9.80 Å². The standard InChI is InChI=1S/C42H30N2S/c1-3-13-33(14-4-1)43(35-19-21-39-31(27-35)25-29-11-7-9-17-37(29)39)41-23-24-42(45-41)44(34-15-5-2-6-16-34)36-20-22-40-32(28-36)26-30-12-8-10-18-38(30)40/h1-24,27-28H,25-26H2. The normalized spacial score (nSPS) is 12.3. The highest BCUT2D eigenvalue weighted by Gasteiger charge is 2.24. The number of para-hydroxylation sites is 2. The molecule has 3 heteroatoms. The lowest BCUT2D eigenvalue weighted by Gasteiger charge is -2.26. The third-order valence-electron chi connectivity index (χ3n) is 9.12. The topological polar surface area (TPSA) is 6.48 Å². The maximum absolute atomic E-state index is 2.40. The zero-order valence-electron chi connectivity index (χ0n) is 24.7. The zero-order chi connectivity index (χ0) is 29.7. The molecule has 0 spiro atoms. The molecule has 0 N–H and O–H groups in total. The number of hydrogen-bond acceptors (Lipinski definition) is 3. The second-order valence-electron chi connectivity index (χ2n) is 11.8. The number of anilines is 6. The summed E-state index contributed by atoms with van der Waals surface area (Å²) in [4.78, 5) is 4.81. The molecule has 0 bridgehead atoms. The van der Waals surface area contributed by atoms with Gasteiger partial charge in [0.25, 0.3) is 0 Å². The molecule has 1 heterocycles. The molecule has 0 atom stereocenters. The van der Waals surface area contributed by atoms with Crippen LogP contribution in [0.25, 0.3) is 22.3 Å². The summed E-state index contributed by atoms with van der Waals surface area (Å²) in [5.74, 6) is 0. The summed E-state index contributed by atoms with van der Waals surface area (Å²) < 4.78 is 0. The fourth-order valence-electron chi connectivity index (χ4n) is 7.06. The number of benzene rings is 6. The molecule has 1 aromatic heterocycles. The van der Waals surface area contributed by atoms with E-state index in [2.05, 4.69) is 168 Å². The molecule has 7 aromatic rings. The van der Waals surface area contributed by atoms with E-state index in [1.807, 2.05) is 11.3 Å². The minimum absolute atomic E-state index is 0.974. The number of nitrogens with zero attached hydrogens (tertiary/aromatic N) is 2. The molecule has 6 aromatic carbocycles. The van der Waals surface area contributed by atoms with Gasteiger partial charge in [-0.2, -0.15) is 0 Å². The van der Waals surface area contributed by atoms with Gasteiger partial charge in [-0.1, -0.05) is 108 Å². The third-order valence-corrected chi connectivity index (χ3v) is 10.2. The summed E-state index contributed by atoms with van der Waals surface area (Å²) >= 11 is 1.82. The van der Waals surface area contributed by atoms with E-state index >= 15 is 0 Å². The van der Waals surface area contributed by atoms with Crippen molar-refractivity contribution in [1.29, 1.82) is 0 Å². The maximum Gasteiger partial charge on any atom is 0.102 e. The highest BCUT2D eigenvalue weighted by Crippen LogP contribution is 2.48. The Morgan fingerprint density at radius 3 is 1.20 bits per heavy atom. The first-order chi connectivity index (χ1) is 22.3. The SMILES string of the molecule is c1ccc(N(c2ccc3c(c2)Cc2ccccc2-3)c2ccc(N(c3ccccc3)c3ccc4c(c3)Cc3ccccc3-4)s2)cc1. The van der Waals surface area contributed by atoms with Crippen LogP contribution in [-0.2, 0) is 12.8 Å². The molecule has 45 heavy (non-hydrogen) atoms. The predicted molar refractivity (Wildman–Crippen MR) is 190 cm³/mol. The van der Waals surface area contributed by atoms with Crippen LogP contribution in [0.2, 0.25) is 0 Å².